The van der Waals surface area contributed by atoms with Gasteiger partial charge < -0.3 is 19.9 Å². The number of guanidine groups is 1. The van der Waals surface area contributed by atoms with E-state index in [2.05, 4.69) is 49.8 Å². The van der Waals surface area contributed by atoms with E-state index in [1.807, 2.05) is 7.05 Å². The van der Waals surface area contributed by atoms with Crippen LogP contribution in [0.5, 0.6) is 5.75 Å². The van der Waals surface area contributed by atoms with Crippen molar-refractivity contribution >= 4 is 46.4 Å². The third-order valence-electron chi connectivity index (χ3n) is 5.87. The summed E-state index contributed by atoms with van der Waals surface area (Å²) in [5.74, 6) is 2.45. The Morgan fingerprint density at radius 2 is 2.00 bits per heavy atom. The number of benzene rings is 1. The lowest BCUT2D eigenvalue weighted by Crippen LogP contribution is -2.40. The topological polar surface area (TPSA) is 53.0 Å². The van der Waals surface area contributed by atoms with E-state index in [9.17, 15) is 0 Å². The Morgan fingerprint density at radius 3 is 2.70 bits per heavy atom. The van der Waals surface area contributed by atoms with Gasteiger partial charge in [0, 0.05) is 57.5 Å². The number of nitrogens with zero attached hydrogens (tertiary/aromatic N) is 4. The quantitative estimate of drug-likeness (QED) is 0.341. The largest absolute Gasteiger partial charge is 0.497 e. The van der Waals surface area contributed by atoms with Crippen molar-refractivity contribution in [2.75, 3.05) is 51.8 Å². The minimum absolute atomic E-state index is 0. The molecule has 6 nitrogen and oxygen atoms in total. The summed E-state index contributed by atoms with van der Waals surface area (Å²) < 4.78 is 5.27. The standard InChI is InChI=1S/C22H31N5OS.HI/c1-23-21(24-11-9-19-16-29-22(25-19)26-12-3-4-13-26)27-14-10-18(15-27)17-5-7-20(28-2)8-6-17;/h5-8,16,18H,3-4,9-15H2,1-2H3,(H,23,24);1H. The molecule has 4 rings (SSSR count). The fraction of sp³-hybridized carbons (Fsp3) is 0.545. The van der Waals surface area contributed by atoms with Crippen LogP contribution in [0.2, 0.25) is 0 Å². The maximum atomic E-state index is 5.27. The van der Waals surface area contributed by atoms with E-state index >= 15 is 0 Å². The monoisotopic (exact) mass is 541 g/mol. The summed E-state index contributed by atoms with van der Waals surface area (Å²) in [6.45, 7) is 5.21. The molecule has 2 aliphatic rings. The van der Waals surface area contributed by atoms with Crippen molar-refractivity contribution in [2.24, 2.45) is 4.99 Å². The Kier molecular flexibility index (Phi) is 8.61. The van der Waals surface area contributed by atoms with Crippen molar-refractivity contribution in [2.45, 2.75) is 31.6 Å². The first kappa shape index (κ1) is 23.1. The number of aromatic nitrogens is 1. The molecule has 30 heavy (non-hydrogen) atoms. The van der Waals surface area contributed by atoms with Gasteiger partial charge in [0.2, 0.25) is 0 Å². The van der Waals surface area contributed by atoms with E-state index in [1.165, 1.54) is 29.2 Å². The van der Waals surface area contributed by atoms with Crippen molar-refractivity contribution in [3.63, 3.8) is 0 Å². The number of thiazole rings is 1. The average molecular weight is 542 g/mol. The molecule has 0 radical (unpaired) electrons. The average Bonchev–Trinajstić information content (AvgIpc) is 3.52. The molecular weight excluding hydrogens is 509 g/mol. The maximum absolute atomic E-state index is 5.27. The second kappa shape index (κ2) is 11.2. The summed E-state index contributed by atoms with van der Waals surface area (Å²) in [7, 11) is 3.58. The van der Waals surface area contributed by atoms with Crippen LogP contribution in [0.15, 0.2) is 34.6 Å². The normalized spacial score (nSPS) is 19.1. The lowest BCUT2D eigenvalue weighted by atomic mass is 9.98. The molecule has 0 bridgehead atoms. The highest BCUT2D eigenvalue weighted by Crippen LogP contribution is 2.28. The molecule has 0 spiro atoms. The van der Waals surface area contributed by atoms with Crippen LogP contribution in [-0.2, 0) is 6.42 Å². The molecule has 164 valence electrons. The first-order valence-electron chi connectivity index (χ1n) is 10.6. The number of hydrogen-bond acceptors (Lipinski definition) is 5. The fourth-order valence-electron chi connectivity index (χ4n) is 4.20. The minimum Gasteiger partial charge on any atom is -0.497 e. The van der Waals surface area contributed by atoms with Gasteiger partial charge in [-0.05, 0) is 37.0 Å². The predicted molar refractivity (Wildman–Crippen MR) is 136 cm³/mol. The van der Waals surface area contributed by atoms with Gasteiger partial charge >= 0.3 is 0 Å². The van der Waals surface area contributed by atoms with Crippen LogP contribution in [0.1, 0.15) is 36.4 Å². The highest BCUT2D eigenvalue weighted by atomic mass is 127. The van der Waals surface area contributed by atoms with Gasteiger partial charge in [-0.1, -0.05) is 12.1 Å². The summed E-state index contributed by atoms with van der Waals surface area (Å²) in [6.07, 6.45) is 4.66. The van der Waals surface area contributed by atoms with Crippen molar-refractivity contribution in [1.29, 1.82) is 0 Å². The number of aliphatic imine (C=N–C) groups is 1. The number of halogens is 1. The van der Waals surface area contributed by atoms with E-state index < -0.39 is 0 Å². The molecule has 1 atom stereocenters. The summed E-state index contributed by atoms with van der Waals surface area (Å²) in [4.78, 5) is 14.1. The summed E-state index contributed by atoms with van der Waals surface area (Å²) in [6, 6.07) is 8.47. The molecule has 2 aromatic rings. The molecule has 2 aliphatic heterocycles. The number of methoxy groups -OCH3 is 1. The number of hydrogen-bond donors (Lipinski definition) is 1. The smallest absolute Gasteiger partial charge is 0.193 e. The summed E-state index contributed by atoms with van der Waals surface area (Å²) in [5, 5.41) is 6.92. The first-order valence-corrected chi connectivity index (χ1v) is 11.4. The Bertz CT molecular complexity index is 819. The second-order valence-corrected chi connectivity index (χ2v) is 8.58. The maximum Gasteiger partial charge on any atom is 0.193 e. The molecule has 0 saturated carbocycles. The van der Waals surface area contributed by atoms with E-state index in [0.29, 0.717) is 5.92 Å². The van der Waals surface area contributed by atoms with Gasteiger partial charge in [0.1, 0.15) is 5.75 Å². The van der Waals surface area contributed by atoms with Crippen LogP contribution < -0.4 is 15.0 Å². The molecule has 2 fully saturated rings. The van der Waals surface area contributed by atoms with Crippen LogP contribution in [0.25, 0.3) is 0 Å². The van der Waals surface area contributed by atoms with Crippen LogP contribution in [-0.4, -0.2) is 62.7 Å². The second-order valence-electron chi connectivity index (χ2n) is 7.74. The number of nitrogens with one attached hydrogen (secondary N) is 1. The molecule has 1 unspecified atom stereocenters. The van der Waals surface area contributed by atoms with Gasteiger partial charge in [0.15, 0.2) is 11.1 Å². The van der Waals surface area contributed by atoms with Crippen molar-refractivity contribution in [3.05, 3.63) is 40.9 Å². The van der Waals surface area contributed by atoms with Crippen LogP contribution in [0.3, 0.4) is 0 Å². The Morgan fingerprint density at radius 1 is 1.23 bits per heavy atom. The zero-order valence-corrected chi connectivity index (χ0v) is 21.0. The van der Waals surface area contributed by atoms with Gasteiger partial charge in [-0.15, -0.1) is 35.3 Å². The third kappa shape index (κ3) is 5.57. The first-order chi connectivity index (χ1) is 14.3. The van der Waals surface area contributed by atoms with E-state index in [0.717, 1.165) is 57.3 Å². The zero-order valence-electron chi connectivity index (χ0n) is 17.8. The number of anilines is 1. The molecule has 1 aromatic carbocycles. The molecule has 8 heteroatoms. The highest BCUT2D eigenvalue weighted by molar-refractivity contribution is 14.0. The Balaban J connectivity index is 0.00000256. The van der Waals surface area contributed by atoms with Crippen molar-refractivity contribution < 1.29 is 4.74 Å². The molecule has 0 amide bonds. The third-order valence-corrected chi connectivity index (χ3v) is 6.82. The van der Waals surface area contributed by atoms with Gasteiger partial charge in [-0.2, -0.15) is 0 Å². The van der Waals surface area contributed by atoms with E-state index in [-0.39, 0.29) is 24.0 Å². The van der Waals surface area contributed by atoms with Crippen molar-refractivity contribution in [1.82, 2.24) is 15.2 Å². The molecule has 3 heterocycles. The molecule has 1 N–H and O–H groups in total. The number of rotatable bonds is 6. The van der Waals surface area contributed by atoms with Crippen LogP contribution >= 0.6 is 35.3 Å². The molecular formula is C22H32IN5OS. The van der Waals surface area contributed by atoms with Gasteiger partial charge in [-0.25, -0.2) is 4.98 Å². The predicted octanol–water partition coefficient (Wildman–Crippen LogP) is 3.98. The fourth-order valence-corrected chi connectivity index (χ4v) is 5.11. The zero-order chi connectivity index (χ0) is 20.1. The van der Waals surface area contributed by atoms with Crippen molar-refractivity contribution in [3.8, 4) is 5.75 Å². The minimum atomic E-state index is 0. The number of ether oxygens (including phenoxy) is 1. The Hall–Kier alpha value is -1.55. The van der Waals surface area contributed by atoms with Gasteiger partial charge in [0.25, 0.3) is 0 Å². The van der Waals surface area contributed by atoms with Crippen LogP contribution in [0.4, 0.5) is 5.13 Å². The van der Waals surface area contributed by atoms with Gasteiger partial charge in [-0.3, -0.25) is 4.99 Å². The van der Waals surface area contributed by atoms with E-state index in [1.54, 1.807) is 18.4 Å². The van der Waals surface area contributed by atoms with Gasteiger partial charge in [0.05, 0.1) is 12.8 Å². The SMILES string of the molecule is CN=C(NCCc1csc(N2CCCC2)n1)N1CCC(c2ccc(OC)cc2)C1.I. The van der Waals surface area contributed by atoms with Crippen LogP contribution in [0, 0.1) is 0 Å². The van der Waals surface area contributed by atoms with E-state index in [4.69, 9.17) is 9.72 Å². The lowest BCUT2D eigenvalue weighted by molar-refractivity contribution is 0.414. The molecule has 2 saturated heterocycles. The highest BCUT2D eigenvalue weighted by Gasteiger charge is 2.26. The molecule has 1 aromatic heterocycles. The number of likely N-dealkylation sites (tertiary alicyclic amines) is 1. The summed E-state index contributed by atoms with van der Waals surface area (Å²) >= 11 is 1.77. The lowest BCUT2D eigenvalue weighted by Gasteiger charge is -2.21. The Labute approximate surface area is 200 Å². The summed E-state index contributed by atoms with van der Waals surface area (Å²) in [5.41, 5.74) is 2.55. The molecule has 0 aliphatic carbocycles.